The Balaban J connectivity index is 1.37. The number of fused-ring (bicyclic) bond motifs is 1. The van der Waals surface area contributed by atoms with Crippen LogP contribution in [0.5, 0.6) is 5.75 Å². The summed E-state index contributed by atoms with van der Waals surface area (Å²) in [6, 6.07) is 12.5. The van der Waals surface area contributed by atoms with Gasteiger partial charge in [-0.25, -0.2) is 0 Å². The molecule has 6 heteroatoms. The van der Waals surface area contributed by atoms with Crippen LogP contribution in [0.3, 0.4) is 0 Å². The molecule has 1 aromatic carbocycles. The molecule has 2 atom stereocenters. The van der Waals surface area contributed by atoms with E-state index in [1.165, 1.54) is 18.4 Å². The lowest BCUT2D eigenvalue weighted by Crippen LogP contribution is -2.42. The molecule has 2 unspecified atom stereocenters. The highest BCUT2D eigenvalue weighted by atomic mass is 16.5. The van der Waals surface area contributed by atoms with Gasteiger partial charge in [-0.3, -0.25) is 9.89 Å². The van der Waals surface area contributed by atoms with Crippen LogP contribution in [-0.4, -0.2) is 49.7 Å². The van der Waals surface area contributed by atoms with Gasteiger partial charge in [0.1, 0.15) is 17.6 Å². The van der Waals surface area contributed by atoms with Crippen molar-refractivity contribution >= 4 is 5.96 Å². The Labute approximate surface area is 167 Å². The second-order valence-electron chi connectivity index (χ2n) is 7.43. The zero-order chi connectivity index (χ0) is 19.2. The molecule has 150 valence electrons. The lowest BCUT2D eigenvalue weighted by atomic mass is 10.1. The number of nitrogens with one attached hydrogen (secondary N) is 2. The number of guanidine groups is 1. The van der Waals surface area contributed by atoms with E-state index >= 15 is 0 Å². The van der Waals surface area contributed by atoms with Crippen LogP contribution < -0.4 is 15.4 Å². The minimum Gasteiger partial charge on any atom is -0.488 e. The van der Waals surface area contributed by atoms with E-state index in [2.05, 4.69) is 40.7 Å². The molecule has 2 aliphatic heterocycles. The molecule has 1 aromatic heterocycles. The number of hydrogen-bond acceptors (Lipinski definition) is 4. The van der Waals surface area contributed by atoms with Crippen LogP contribution in [-0.2, 0) is 6.42 Å². The molecule has 0 saturated carbocycles. The van der Waals surface area contributed by atoms with Crippen molar-refractivity contribution in [1.82, 2.24) is 15.5 Å². The van der Waals surface area contributed by atoms with E-state index in [0.29, 0.717) is 6.54 Å². The Bertz CT molecular complexity index is 744. The highest BCUT2D eigenvalue weighted by Gasteiger charge is 2.26. The van der Waals surface area contributed by atoms with Crippen molar-refractivity contribution < 1.29 is 9.15 Å². The smallest absolute Gasteiger partial charge is 0.191 e. The van der Waals surface area contributed by atoms with E-state index in [1.54, 1.807) is 6.26 Å². The first-order valence-corrected chi connectivity index (χ1v) is 10.4. The minimum absolute atomic E-state index is 0.140. The second kappa shape index (κ2) is 9.15. The van der Waals surface area contributed by atoms with Crippen molar-refractivity contribution in [2.24, 2.45) is 4.99 Å². The van der Waals surface area contributed by atoms with Gasteiger partial charge in [-0.2, -0.15) is 0 Å². The molecule has 0 spiro atoms. The minimum atomic E-state index is 0.140. The highest BCUT2D eigenvalue weighted by molar-refractivity contribution is 5.79. The molecule has 1 saturated heterocycles. The predicted octanol–water partition coefficient (Wildman–Crippen LogP) is 2.98. The Morgan fingerprint density at radius 2 is 2.04 bits per heavy atom. The lowest BCUT2D eigenvalue weighted by molar-refractivity contribution is 0.220. The van der Waals surface area contributed by atoms with Gasteiger partial charge >= 0.3 is 0 Å². The fourth-order valence-electron chi connectivity index (χ4n) is 4.02. The summed E-state index contributed by atoms with van der Waals surface area (Å²) in [5.74, 6) is 2.83. The van der Waals surface area contributed by atoms with Crippen molar-refractivity contribution in [1.29, 1.82) is 0 Å². The lowest BCUT2D eigenvalue weighted by Gasteiger charge is -2.24. The van der Waals surface area contributed by atoms with Crippen LogP contribution in [0.4, 0.5) is 0 Å². The molecule has 1 fully saturated rings. The number of hydrogen-bond donors (Lipinski definition) is 2. The largest absolute Gasteiger partial charge is 0.488 e. The number of aliphatic imine (C=N–C) groups is 1. The summed E-state index contributed by atoms with van der Waals surface area (Å²) in [5.41, 5.74) is 1.28. The molecule has 2 aliphatic rings. The highest BCUT2D eigenvalue weighted by Crippen LogP contribution is 2.28. The van der Waals surface area contributed by atoms with E-state index in [9.17, 15) is 0 Å². The summed E-state index contributed by atoms with van der Waals surface area (Å²) in [6.07, 6.45) is 5.32. The first-order valence-electron chi connectivity index (χ1n) is 10.4. The second-order valence-corrected chi connectivity index (χ2v) is 7.43. The molecule has 2 N–H and O–H groups in total. The zero-order valence-electron chi connectivity index (χ0n) is 16.6. The normalized spacial score (nSPS) is 20.6. The summed E-state index contributed by atoms with van der Waals surface area (Å²) >= 11 is 0. The number of ether oxygens (including phenoxy) is 1. The summed E-state index contributed by atoms with van der Waals surface area (Å²) in [4.78, 5) is 7.34. The van der Waals surface area contributed by atoms with E-state index in [1.807, 2.05) is 18.2 Å². The third kappa shape index (κ3) is 4.50. The van der Waals surface area contributed by atoms with Gasteiger partial charge in [0, 0.05) is 13.0 Å². The fourth-order valence-corrected chi connectivity index (χ4v) is 4.02. The topological polar surface area (TPSA) is 62.0 Å². The van der Waals surface area contributed by atoms with E-state index < -0.39 is 0 Å². The molecule has 0 radical (unpaired) electrons. The van der Waals surface area contributed by atoms with Crippen LogP contribution >= 0.6 is 0 Å². The maximum atomic E-state index is 6.03. The van der Waals surface area contributed by atoms with Crippen LogP contribution in [0.1, 0.15) is 37.1 Å². The van der Waals surface area contributed by atoms with Crippen molar-refractivity contribution in [3.8, 4) is 5.75 Å². The van der Waals surface area contributed by atoms with Crippen LogP contribution in [0.25, 0.3) is 0 Å². The molecule has 28 heavy (non-hydrogen) atoms. The van der Waals surface area contributed by atoms with Gasteiger partial charge in [0.2, 0.25) is 0 Å². The average molecular weight is 383 g/mol. The number of rotatable bonds is 7. The number of furan rings is 1. The third-order valence-electron chi connectivity index (χ3n) is 5.43. The average Bonchev–Trinajstić information content (AvgIpc) is 3.47. The molecular weight excluding hydrogens is 352 g/mol. The van der Waals surface area contributed by atoms with Gasteiger partial charge in [-0.1, -0.05) is 18.2 Å². The molecule has 0 aliphatic carbocycles. The van der Waals surface area contributed by atoms with Crippen molar-refractivity contribution in [2.45, 2.75) is 38.3 Å². The first kappa shape index (κ1) is 18.9. The van der Waals surface area contributed by atoms with E-state index in [4.69, 9.17) is 14.1 Å². The molecule has 0 amide bonds. The third-order valence-corrected chi connectivity index (χ3v) is 5.43. The monoisotopic (exact) mass is 382 g/mol. The van der Waals surface area contributed by atoms with E-state index in [0.717, 1.165) is 50.1 Å². The van der Waals surface area contributed by atoms with Crippen LogP contribution in [0.2, 0.25) is 0 Å². The molecule has 2 aromatic rings. The first-order chi connectivity index (χ1) is 13.8. The van der Waals surface area contributed by atoms with Crippen LogP contribution in [0, 0.1) is 0 Å². The quantitative estimate of drug-likeness (QED) is 0.569. The zero-order valence-corrected chi connectivity index (χ0v) is 16.6. The van der Waals surface area contributed by atoms with Gasteiger partial charge in [-0.05, 0) is 56.6 Å². The predicted molar refractivity (Wildman–Crippen MR) is 111 cm³/mol. The molecular formula is C22H30N4O2. The summed E-state index contributed by atoms with van der Waals surface area (Å²) in [7, 11) is 0. The van der Waals surface area contributed by atoms with Crippen molar-refractivity contribution in [2.75, 3.05) is 32.7 Å². The van der Waals surface area contributed by atoms with Crippen molar-refractivity contribution in [3.05, 3.63) is 54.0 Å². The number of nitrogens with zero attached hydrogens (tertiary/aromatic N) is 2. The van der Waals surface area contributed by atoms with Crippen LogP contribution in [0.15, 0.2) is 52.1 Å². The standard InChI is InChI=1S/C22H30N4O2/c1-2-23-22(24-15-18-14-17-8-3-4-9-20(17)28-18)25-16-19(21-10-7-13-27-21)26-11-5-6-12-26/h3-4,7-10,13,18-19H,2,5-6,11-12,14-16H2,1H3,(H2,23,24,25). The maximum Gasteiger partial charge on any atom is 0.191 e. The Morgan fingerprint density at radius 3 is 2.79 bits per heavy atom. The van der Waals surface area contributed by atoms with Gasteiger partial charge in [0.25, 0.3) is 0 Å². The Hall–Kier alpha value is -2.47. The summed E-state index contributed by atoms with van der Waals surface area (Å²) < 4.78 is 11.7. The Kier molecular flexibility index (Phi) is 6.17. The molecule has 4 rings (SSSR count). The number of likely N-dealkylation sites (tertiary alicyclic amines) is 1. The summed E-state index contributed by atoms with van der Waals surface area (Å²) in [6.45, 7) is 6.54. The van der Waals surface area contributed by atoms with Gasteiger partial charge < -0.3 is 19.8 Å². The number of benzene rings is 1. The molecule has 3 heterocycles. The maximum absolute atomic E-state index is 6.03. The fraction of sp³-hybridized carbons (Fsp3) is 0.500. The van der Waals surface area contributed by atoms with Crippen molar-refractivity contribution in [3.63, 3.8) is 0 Å². The van der Waals surface area contributed by atoms with Gasteiger partial charge in [-0.15, -0.1) is 0 Å². The van der Waals surface area contributed by atoms with Gasteiger partial charge in [0.05, 0.1) is 25.4 Å². The summed E-state index contributed by atoms with van der Waals surface area (Å²) in [5, 5.41) is 6.81. The van der Waals surface area contributed by atoms with Gasteiger partial charge in [0.15, 0.2) is 5.96 Å². The molecule has 0 bridgehead atoms. The Morgan fingerprint density at radius 1 is 1.18 bits per heavy atom. The number of para-hydroxylation sites is 1. The molecule has 6 nitrogen and oxygen atoms in total. The van der Waals surface area contributed by atoms with E-state index in [-0.39, 0.29) is 12.1 Å². The SMILES string of the molecule is CCNC(=NCC(c1ccco1)N1CCCC1)NCC1Cc2ccccc2O1.